The number of nitrogens with one attached hydrogen (secondary N) is 2. The molecular weight excluding hydrogens is 433 g/mol. The number of amides is 1. The molecule has 1 heterocycles. The Morgan fingerprint density at radius 2 is 1.65 bits per heavy atom. The molecule has 0 saturated heterocycles. The quantitative estimate of drug-likeness (QED) is 0.592. The summed E-state index contributed by atoms with van der Waals surface area (Å²) in [5.41, 5.74) is 1.25. The highest BCUT2D eigenvalue weighted by Gasteiger charge is 2.33. The van der Waals surface area contributed by atoms with Crippen LogP contribution in [0.15, 0.2) is 59.6 Å². The summed E-state index contributed by atoms with van der Waals surface area (Å²) in [6.45, 7) is 3.16. The van der Waals surface area contributed by atoms with Crippen LogP contribution in [0, 0.1) is 13.8 Å². The van der Waals surface area contributed by atoms with Crippen molar-refractivity contribution in [3.63, 3.8) is 0 Å². The fourth-order valence-electron chi connectivity index (χ4n) is 2.83. The van der Waals surface area contributed by atoms with Gasteiger partial charge in [0.25, 0.3) is 10.0 Å². The highest BCUT2D eigenvalue weighted by molar-refractivity contribution is 7.92. The van der Waals surface area contributed by atoms with Gasteiger partial charge in [-0.3, -0.25) is 14.2 Å². The number of sulfonamides is 1. The third kappa shape index (κ3) is 5.43. The standard InChI is InChI=1S/C20H19F3N4O3S/c1-13-4-3-5-14(2)19(13)26-31(29,30)16-8-6-15(7-9-16)24-18(28)12-27-11-10-17(25-27)20(21,22)23/h3-11,26H,12H2,1-2H3,(H,24,28). The molecule has 2 N–H and O–H groups in total. The van der Waals surface area contributed by atoms with E-state index in [2.05, 4.69) is 15.1 Å². The lowest BCUT2D eigenvalue weighted by Gasteiger charge is -2.13. The lowest BCUT2D eigenvalue weighted by atomic mass is 10.1. The number of aromatic nitrogens is 2. The molecule has 7 nitrogen and oxygen atoms in total. The van der Waals surface area contributed by atoms with Gasteiger partial charge in [-0.05, 0) is 55.3 Å². The molecule has 0 spiro atoms. The van der Waals surface area contributed by atoms with Gasteiger partial charge in [-0.25, -0.2) is 8.42 Å². The number of halogens is 3. The predicted octanol–water partition coefficient (Wildman–Crippen LogP) is 3.96. The molecule has 0 unspecified atom stereocenters. The van der Waals surface area contributed by atoms with E-state index in [1.165, 1.54) is 24.3 Å². The van der Waals surface area contributed by atoms with E-state index in [1.807, 2.05) is 6.07 Å². The molecule has 0 aliphatic carbocycles. The fourth-order valence-corrected chi connectivity index (χ4v) is 4.04. The highest BCUT2D eigenvalue weighted by Crippen LogP contribution is 2.27. The first-order chi connectivity index (χ1) is 14.5. The van der Waals surface area contributed by atoms with Gasteiger partial charge in [-0.2, -0.15) is 18.3 Å². The second-order valence-electron chi connectivity index (χ2n) is 6.84. The summed E-state index contributed by atoms with van der Waals surface area (Å²) in [4.78, 5) is 12.1. The Hall–Kier alpha value is -3.34. The van der Waals surface area contributed by atoms with Crippen molar-refractivity contribution in [1.29, 1.82) is 0 Å². The molecule has 11 heteroatoms. The summed E-state index contributed by atoms with van der Waals surface area (Å²) in [6, 6.07) is 11.6. The minimum Gasteiger partial charge on any atom is -0.324 e. The number of hydrogen-bond acceptors (Lipinski definition) is 4. The molecule has 0 bridgehead atoms. The Morgan fingerprint density at radius 3 is 2.19 bits per heavy atom. The zero-order chi connectivity index (χ0) is 22.8. The van der Waals surface area contributed by atoms with Gasteiger partial charge in [0.2, 0.25) is 5.91 Å². The number of nitrogens with zero attached hydrogens (tertiary/aromatic N) is 2. The number of benzene rings is 2. The van der Waals surface area contributed by atoms with Crippen molar-refractivity contribution in [1.82, 2.24) is 9.78 Å². The smallest absolute Gasteiger partial charge is 0.324 e. The molecule has 31 heavy (non-hydrogen) atoms. The molecule has 0 radical (unpaired) electrons. The van der Waals surface area contributed by atoms with E-state index in [0.717, 1.165) is 28.1 Å². The third-order valence-corrected chi connectivity index (χ3v) is 5.77. The number of carbonyl (C=O) groups is 1. The Kier molecular flexibility index (Phi) is 6.07. The van der Waals surface area contributed by atoms with Crippen LogP contribution in [0.5, 0.6) is 0 Å². The molecule has 0 atom stereocenters. The van der Waals surface area contributed by atoms with Crippen molar-refractivity contribution in [3.05, 3.63) is 71.5 Å². The van der Waals surface area contributed by atoms with Crippen LogP contribution in [-0.4, -0.2) is 24.1 Å². The van der Waals surface area contributed by atoms with Crippen LogP contribution in [0.3, 0.4) is 0 Å². The Bertz CT molecular complexity index is 1180. The molecule has 1 aromatic heterocycles. The van der Waals surface area contributed by atoms with Gasteiger partial charge in [0, 0.05) is 11.9 Å². The van der Waals surface area contributed by atoms with Gasteiger partial charge in [0.1, 0.15) is 6.54 Å². The van der Waals surface area contributed by atoms with Gasteiger partial charge in [0.15, 0.2) is 5.69 Å². The third-order valence-electron chi connectivity index (χ3n) is 4.40. The van der Waals surface area contributed by atoms with Gasteiger partial charge >= 0.3 is 6.18 Å². The van der Waals surface area contributed by atoms with Crippen LogP contribution in [0.4, 0.5) is 24.5 Å². The molecule has 2 aromatic carbocycles. The highest BCUT2D eigenvalue weighted by atomic mass is 32.2. The summed E-state index contributed by atoms with van der Waals surface area (Å²) >= 11 is 0. The Labute approximate surface area is 176 Å². The maximum Gasteiger partial charge on any atom is 0.435 e. The second kappa shape index (κ2) is 8.42. The Morgan fingerprint density at radius 1 is 1.03 bits per heavy atom. The lowest BCUT2D eigenvalue weighted by Crippen LogP contribution is -2.20. The fraction of sp³-hybridized carbons (Fsp3) is 0.200. The molecule has 0 saturated carbocycles. The summed E-state index contributed by atoms with van der Waals surface area (Å²) in [5.74, 6) is -0.610. The van der Waals surface area contributed by atoms with Gasteiger partial charge < -0.3 is 5.32 Å². The maximum atomic E-state index is 12.7. The van der Waals surface area contributed by atoms with Crippen LogP contribution in [-0.2, 0) is 27.5 Å². The van der Waals surface area contributed by atoms with E-state index in [0.29, 0.717) is 11.4 Å². The average molecular weight is 452 g/mol. The van der Waals surface area contributed by atoms with Crippen molar-refractivity contribution in [2.24, 2.45) is 0 Å². The van der Waals surface area contributed by atoms with Crippen LogP contribution in [0.2, 0.25) is 0 Å². The van der Waals surface area contributed by atoms with Crippen molar-refractivity contribution in [2.75, 3.05) is 10.0 Å². The van der Waals surface area contributed by atoms with E-state index in [4.69, 9.17) is 0 Å². The molecule has 0 aliphatic heterocycles. The van der Waals surface area contributed by atoms with E-state index < -0.39 is 34.3 Å². The number of carbonyl (C=O) groups excluding carboxylic acids is 1. The lowest BCUT2D eigenvalue weighted by molar-refractivity contribution is -0.141. The zero-order valence-electron chi connectivity index (χ0n) is 16.6. The minimum absolute atomic E-state index is 0.00459. The van der Waals surface area contributed by atoms with E-state index in [9.17, 15) is 26.4 Å². The van der Waals surface area contributed by atoms with Crippen molar-refractivity contribution in [3.8, 4) is 0 Å². The van der Waals surface area contributed by atoms with Crippen molar-refractivity contribution >= 4 is 27.3 Å². The minimum atomic E-state index is -4.59. The van der Waals surface area contributed by atoms with Gasteiger partial charge in [0.05, 0.1) is 10.6 Å². The van der Waals surface area contributed by atoms with E-state index in [-0.39, 0.29) is 4.90 Å². The maximum absolute atomic E-state index is 12.7. The van der Waals surface area contributed by atoms with Crippen LogP contribution < -0.4 is 10.0 Å². The Balaban J connectivity index is 1.67. The number of rotatable bonds is 6. The van der Waals surface area contributed by atoms with E-state index in [1.54, 1.807) is 26.0 Å². The molecule has 1 amide bonds. The predicted molar refractivity (Wildman–Crippen MR) is 109 cm³/mol. The monoisotopic (exact) mass is 452 g/mol. The summed E-state index contributed by atoms with van der Waals surface area (Å²) in [6.07, 6.45) is -3.54. The molecular formula is C20H19F3N4O3S. The average Bonchev–Trinajstić information content (AvgIpc) is 3.14. The first kappa shape index (κ1) is 22.3. The number of para-hydroxylation sites is 1. The molecule has 3 rings (SSSR count). The first-order valence-corrected chi connectivity index (χ1v) is 10.5. The number of hydrogen-bond donors (Lipinski definition) is 2. The molecule has 0 fully saturated rings. The molecule has 164 valence electrons. The summed E-state index contributed by atoms with van der Waals surface area (Å²) < 4.78 is 66.5. The van der Waals surface area contributed by atoms with Gasteiger partial charge in [-0.15, -0.1) is 0 Å². The second-order valence-corrected chi connectivity index (χ2v) is 8.52. The van der Waals surface area contributed by atoms with Gasteiger partial charge in [-0.1, -0.05) is 18.2 Å². The van der Waals surface area contributed by atoms with E-state index >= 15 is 0 Å². The van der Waals surface area contributed by atoms with Crippen molar-refractivity contribution in [2.45, 2.75) is 31.5 Å². The van der Waals surface area contributed by atoms with Crippen LogP contribution >= 0.6 is 0 Å². The molecule has 0 aliphatic rings. The first-order valence-electron chi connectivity index (χ1n) is 9.05. The number of alkyl halides is 3. The largest absolute Gasteiger partial charge is 0.435 e. The summed E-state index contributed by atoms with van der Waals surface area (Å²) in [5, 5.41) is 5.80. The number of aryl methyl sites for hydroxylation is 2. The SMILES string of the molecule is Cc1cccc(C)c1NS(=O)(=O)c1ccc(NC(=O)Cn2ccc(C(F)(F)F)n2)cc1. The van der Waals surface area contributed by atoms with Crippen molar-refractivity contribution < 1.29 is 26.4 Å². The zero-order valence-corrected chi connectivity index (χ0v) is 17.4. The van der Waals surface area contributed by atoms with Crippen LogP contribution in [0.1, 0.15) is 16.8 Å². The molecule has 3 aromatic rings. The topological polar surface area (TPSA) is 93.1 Å². The van der Waals surface area contributed by atoms with Crippen LogP contribution in [0.25, 0.3) is 0 Å². The normalized spacial score (nSPS) is 11.9. The summed E-state index contributed by atoms with van der Waals surface area (Å²) in [7, 11) is -3.85. The number of anilines is 2.